The van der Waals surface area contributed by atoms with Crippen molar-refractivity contribution in [1.82, 2.24) is 14.6 Å². The van der Waals surface area contributed by atoms with Crippen LogP contribution < -0.4 is 5.32 Å². The summed E-state index contributed by atoms with van der Waals surface area (Å²) in [6.45, 7) is 3.69. The number of hydrogen-bond acceptors (Lipinski definition) is 3. The van der Waals surface area contributed by atoms with Crippen molar-refractivity contribution in [1.29, 1.82) is 0 Å². The summed E-state index contributed by atoms with van der Waals surface area (Å²) in [6.07, 6.45) is -0.441. The minimum absolute atomic E-state index is 0.0200. The van der Waals surface area contributed by atoms with Gasteiger partial charge in [0.05, 0.1) is 6.17 Å². The Labute approximate surface area is 149 Å². The van der Waals surface area contributed by atoms with E-state index in [1.165, 1.54) is 11.4 Å². The zero-order valence-electron chi connectivity index (χ0n) is 14.1. The van der Waals surface area contributed by atoms with E-state index in [1.807, 2.05) is 30.3 Å². The average molecular weight is 365 g/mol. The molecule has 0 saturated heterocycles. The highest BCUT2D eigenvalue weighted by Crippen LogP contribution is 2.28. The van der Waals surface area contributed by atoms with Gasteiger partial charge >= 0.3 is 0 Å². The van der Waals surface area contributed by atoms with Crippen molar-refractivity contribution in [3.8, 4) is 0 Å². The molecule has 0 spiro atoms. The molecule has 0 amide bonds. The Hall–Kier alpha value is -2.21. The summed E-state index contributed by atoms with van der Waals surface area (Å²) in [7, 11) is 0. The van der Waals surface area contributed by atoms with Gasteiger partial charge in [-0.1, -0.05) is 30.3 Å². The van der Waals surface area contributed by atoms with Crippen molar-refractivity contribution in [2.45, 2.75) is 39.4 Å². The van der Waals surface area contributed by atoms with Gasteiger partial charge in [0.15, 0.2) is 11.6 Å². The SMILES string of the molecule is Cc1c(CCC(C)F)c(F)c2c(NCc3ccccc3)nc(Cl)nn12. The summed E-state index contributed by atoms with van der Waals surface area (Å²) in [5.74, 6) is -0.102. The molecule has 0 aliphatic carbocycles. The van der Waals surface area contributed by atoms with Crippen LogP contribution in [0, 0.1) is 12.7 Å². The van der Waals surface area contributed by atoms with E-state index in [9.17, 15) is 8.78 Å². The van der Waals surface area contributed by atoms with E-state index in [0.29, 0.717) is 30.0 Å². The van der Waals surface area contributed by atoms with Crippen molar-refractivity contribution in [3.63, 3.8) is 0 Å². The molecule has 1 N–H and O–H groups in total. The molecular formula is C18H19ClF2N4. The normalized spacial score (nSPS) is 12.5. The van der Waals surface area contributed by atoms with Crippen LogP contribution in [0.25, 0.3) is 5.52 Å². The van der Waals surface area contributed by atoms with Crippen molar-refractivity contribution >= 4 is 22.9 Å². The summed E-state index contributed by atoms with van der Waals surface area (Å²) >= 11 is 6.00. The molecule has 25 heavy (non-hydrogen) atoms. The summed E-state index contributed by atoms with van der Waals surface area (Å²) in [5.41, 5.74) is 2.33. The lowest BCUT2D eigenvalue weighted by molar-refractivity contribution is 0.340. The summed E-state index contributed by atoms with van der Waals surface area (Å²) in [6, 6.07) is 9.70. The quantitative estimate of drug-likeness (QED) is 0.687. The molecular weight excluding hydrogens is 346 g/mol. The Bertz CT molecular complexity index is 878. The van der Waals surface area contributed by atoms with Gasteiger partial charge in [-0.15, -0.1) is 5.10 Å². The Morgan fingerprint density at radius 2 is 2.00 bits per heavy atom. The topological polar surface area (TPSA) is 42.2 Å². The first-order valence-corrected chi connectivity index (χ1v) is 8.50. The van der Waals surface area contributed by atoms with E-state index < -0.39 is 12.0 Å². The lowest BCUT2D eigenvalue weighted by atomic mass is 10.1. The number of aromatic nitrogens is 3. The van der Waals surface area contributed by atoms with Crippen LogP contribution in [0.1, 0.15) is 30.2 Å². The fraction of sp³-hybridized carbons (Fsp3) is 0.333. The molecule has 4 nitrogen and oxygen atoms in total. The molecule has 3 rings (SSSR count). The van der Waals surface area contributed by atoms with Crippen molar-refractivity contribution in [2.75, 3.05) is 5.32 Å². The minimum atomic E-state index is -0.993. The van der Waals surface area contributed by atoms with Crippen molar-refractivity contribution in [2.24, 2.45) is 0 Å². The minimum Gasteiger partial charge on any atom is -0.364 e. The monoisotopic (exact) mass is 364 g/mol. The van der Waals surface area contributed by atoms with E-state index in [4.69, 9.17) is 11.6 Å². The number of hydrogen-bond donors (Lipinski definition) is 1. The van der Waals surface area contributed by atoms with Crippen molar-refractivity contribution < 1.29 is 8.78 Å². The highest BCUT2D eigenvalue weighted by molar-refractivity contribution is 6.28. The number of fused-ring (bicyclic) bond motifs is 1. The van der Waals surface area contributed by atoms with Crippen LogP contribution in [0.5, 0.6) is 0 Å². The highest BCUT2D eigenvalue weighted by atomic mass is 35.5. The van der Waals surface area contributed by atoms with Crippen LogP contribution >= 0.6 is 11.6 Å². The first-order valence-electron chi connectivity index (χ1n) is 8.12. The molecule has 7 heteroatoms. The van der Waals surface area contributed by atoms with Crippen LogP contribution in [0.2, 0.25) is 5.28 Å². The van der Waals surface area contributed by atoms with E-state index in [-0.39, 0.29) is 17.2 Å². The molecule has 0 radical (unpaired) electrons. The second-order valence-electron chi connectivity index (χ2n) is 6.03. The van der Waals surface area contributed by atoms with Gasteiger partial charge in [-0.05, 0) is 43.9 Å². The lowest BCUT2D eigenvalue weighted by Gasteiger charge is -2.08. The number of benzene rings is 1. The summed E-state index contributed by atoms with van der Waals surface area (Å²) in [5, 5.41) is 7.24. The third-order valence-corrected chi connectivity index (χ3v) is 4.30. The van der Waals surface area contributed by atoms with Gasteiger partial charge < -0.3 is 5.32 Å². The zero-order chi connectivity index (χ0) is 18.0. The largest absolute Gasteiger partial charge is 0.364 e. The molecule has 132 valence electrons. The molecule has 0 fully saturated rings. The molecule has 0 bridgehead atoms. The lowest BCUT2D eigenvalue weighted by Crippen LogP contribution is -2.06. The first kappa shape index (κ1) is 17.6. The number of nitrogens with one attached hydrogen (secondary N) is 1. The van der Waals surface area contributed by atoms with Gasteiger partial charge in [-0.25, -0.2) is 13.3 Å². The summed E-state index contributed by atoms with van der Waals surface area (Å²) in [4.78, 5) is 4.14. The molecule has 2 heterocycles. The fourth-order valence-electron chi connectivity index (χ4n) is 2.81. The number of rotatable bonds is 6. The van der Waals surface area contributed by atoms with E-state index in [0.717, 1.165) is 5.56 Å². The molecule has 3 aromatic rings. The number of aryl methyl sites for hydroxylation is 1. The Morgan fingerprint density at radius 1 is 1.28 bits per heavy atom. The average Bonchev–Trinajstić information content (AvgIpc) is 2.82. The third-order valence-electron chi connectivity index (χ3n) is 4.14. The van der Waals surface area contributed by atoms with E-state index in [2.05, 4.69) is 15.4 Å². The Morgan fingerprint density at radius 3 is 2.68 bits per heavy atom. The molecule has 0 aliphatic heterocycles. The van der Waals surface area contributed by atoms with Crippen LogP contribution in [-0.2, 0) is 13.0 Å². The summed E-state index contributed by atoms with van der Waals surface area (Å²) < 4.78 is 29.6. The molecule has 0 saturated carbocycles. The smallest absolute Gasteiger partial charge is 0.243 e. The number of alkyl halides is 1. The molecule has 1 atom stereocenters. The molecule has 0 aliphatic rings. The standard InChI is InChI=1S/C18H19ClF2N4/c1-11(20)8-9-14-12(2)25-16(15(14)21)17(23-18(19)24-25)22-10-13-6-4-3-5-7-13/h3-7,11H,8-10H2,1-2H3,(H,22,23,24). The maximum atomic E-state index is 15.0. The predicted octanol–water partition coefficient (Wildman–Crippen LogP) is 4.73. The van der Waals surface area contributed by atoms with Gasteiger partial charge in [-0.2, -0.15) is 4.98 Å². The van der Waals surface area contributed by atoms with Gasteiger partial charge in [0.25, 0.3) is 0 Å². The van der Waals surface area contributed by atoms with Crippen LogP contribution in [-0.4, -0.2) is 20.8 Å². The molecule has 2 aromatic heterocycles. The van der Waals surface area contributed by atoms with Crippen LogP contribution in [0.4, 0.5) is 14.6 Å². The van der Waals surface area contributed by atoms with Gasteiger partial charge in [0, 0.05) is 17.8 Å². The van der Waals surface area contributed by atoms with Crippen LogP contribution in [0.3, 0.4) is 0 Å². The van der Waals surface area contributed by atoms with Gasteiger partial charge in [-0.3, -0.25) is 0 Å². The van der Waals surface area contributed by atoms with E-state index >= 15 is 0 Å². The Kier molecular flexibility index (Phi) is 5.18. The fourth-order valence-corrected chi connectivity index (χ4v) is 2.97. The second kappa shape index (κ2) is 7.35. The molecule has 1 aromatic carbocycles. The third kappa shape index (κ3) is 3.74. The van der Waals surface area contributed by atoms with Crippen LogP contribution in [0.15, 0.2) is 30.3 Å². The van der Waals surface area contributed by atoms with E-state index in [1.54, 1.807) is 6.92 Å². The zero-order valence-corrected chi connectivity index (χ0v) is 14.8. The predicted molar refractivity (Wildman–Crippen MR) is 95.4 cm³/mol. The number of anilines is 1. The van der Waals surface area contributed by atoms with Gasteiger partial charge in [0.1, 0.15) is 5.52 Å². The van der Waals surface area contributed by atoms with Gasteiger partial charge in [0.2, 0.25) is 5.28 Å². The molecule has 1 unspecified atom stereocenters. The Balaban J connectivity index is 1.99. The first-order chi connectivity index (χ1) is 12.0. The number of halogens is 3. The van der Waals surface area contributed by atoms with Crippen molar-refractivity contribution in [3.05, 3.63) is 58.3 Å². The maximum Gasteiger partial charge on any atom is 0.243 e. The maximum absolute atomic E-state index is 15.0. The highest BCUT2D eigenvalue weighted by Gasteiger charge is 2.21. The second-order valence-corrected chi connectivity index (χ2v) is 6.36. The number of nitrogens with zero attached hydrogens (tertiary/aromatic N) is 3.